The van der Waals surface area contributed by atoms with Gasteiger partial charge in [-0.2, -0.15) is 13.2 Å². The third kappa shape index (κ3) is 7.88. The summed E-state index contributed by atoms with van der Waals surface area (Å²) in [7, 11) is -3.91. The van der Waals surface area contributed by atoms with Crippen LogP contribution in [-0.2, 0) is 28.0 Å². The van der Waals surface area contributed by atoms with Gasteiger partial charge >= 0.3 is 6.18 Å². The molecule has 0 atom stereocenters. The standard InChI is InChI=1S/C29H30F5NO4S/c1-28(2,21-10-5-4-6-11-21)19-35(17-20-9-7-12-24(27(20)31)29(32,33)34)13-8-14-39-22-15-25(30)23(18-36)26(16-22)40(3,37)38/h4-7,9-12,15-16,18H,8,13-14,17,19H2,1-3H3. The summed E-state index contributed by atoms with van der Waals surface area (Å²) in [6.07, 6.45) is -3.56. The predicted octanol–water partition coefficient (Wildman–Crippen LogP) is 6.45. The van der Waals surface area contributed by atoms with Gasteiger partial charge in [0.05, 0.1) is 22.6 Å². The Morgan fingerprint density at radius 3 is 2.25 bits per heavy atom. The number of alkyl halides is 3. The van der Waals surface area contributed by atoms with E-state index in [1.54, 1.807) is 0 Å². The Labute approximate surface area is 230 Å². The van der Waals surface area contributed by atoms with Crippen LogP contribution in [0.5, 0.6) is 5.75 Å². The van der Waals surface area contributed by atoms with Gasteiger partial charge in [0.1, 0.15) is 17.4 Å². The number of aldehydes is 1. The van der Waals surface area contributed by atoms with E-state index in [-0.39, 0.29) is 37.3 Å². The Morgan fingerprint density at radius 2 is 1.65 bits per heavy atom. The van der Waals surface area contributed by atoms with Crippen LogP contribution in [0.3, 0.4) is 0 Å². The van der Waals surface area contributed by atoms with Crippen LogP contribution in [-0.4, -0.2) is 45.6 Å². The van der Waals surface area contributed by atoms with Gasteiger partial charge in [0.15, 0.2) is 16.1 Å². The molecule has 0 saturated heterocycles. The molecule has 0 aliphatic carbocycles. The van der Waals surface area contributed by atoms with Gasteiger partial charge < -0.3 is 4.74 Å². The number of hydrogen-bond donors (Lipinski definition) is 0. The molecule has 11 heteroatoms. The summed E-state index contributed by atoms with van der Waals surface area (Å²) in [6, 6.07) is 14.6. The van der Waals surface area contributed by atoms with E-state index in [0.717, 1.165) is 24.0 Å². The summed E-state index contributed by atoms with van der Waals surface area (Å²) < 4.78 is 98.6. The Hall–Kier alpha value is -3.31. The van der Waals surface area contributed by atoms with E-state index in [2.05, 4.69) is 0 Å². The molecular weight excluding hydrogens is 553 g/mol. The molecule has 3 rings (SSSR count). The van der Waals surface area contributed by atoms with E-state index in [1.807, 2.05) is 49.1 Å². The first-order chi connectivity index (χ1) is 18.6. The van der Waals surface area contributed by atoms with E-state index >= 15 is 0 Å². The quantitative estimate of drug-likeness (QED) is 0.139. The molecule has 5 nitrogen and oxygen atoms in total. The van der Waals surface area contributed by atoms with Crippen molar-refractivity contribution in [2.24, 2.45) is 0 Å². The van der Waals surface area contributed by atoms with Crippen molar-refractivity contribution >= 4 is 16.1 Å². The second-order valence-electron chi connectivity index (χ2n) is 10.1. The number of sulfone groups is 1. The van der Waals surface area contributed by atoms with E-state index in [1.165, 1.54) is 12.1 Å². The van der Waals surface area contributed by atoms with Crippen molar-refractivity contribution in [1.29, 1.82) is 0 Å². The summed E-state index contributed by atoms with van der Waals surface area (Å²) in [5, 5.41) is 0. The summed E-state index contributed by atoms with van der Waals surface area (Å²) in [5.74, 6) is -2.46. The van der Waals surface area contributed by atoms with Crippen molar-refractivity contribution in [3.8, 4) is 5.75 Å². The maximum Gasteiger partial charge on any atom is 0.419 e. The molecule has 0 unspecified atom stereocenters. The van der Waals surface area contributed by atoms with Gasteiger partial charge in [-0.15, -0.1) is 0 Å². The second-order valence-corrected chi connectivity index (χ2v) is 12.1. The summed E-state index contributed by atoms with van der Waals surface area (Å²) in [4.78, 5) is 12.5. The van der Waals surface area contributed by atoms with E-state index in [0.29, 0.717) is 19.0 Å². The van der Waals surface area contributed by atoms with Crippen molar-refractivity contribution < 1.29 is 39.9 Å². The van der Waals surface area contributed by atoms with Crippen molar-refractivity contribution in [1.82, 2.24) is 4.90 Å². The molecule has 0 aromatic heterocycles. The summed E-state index contributed by atoms with van der Waals surface area (Å²) in [6.45, 7) is 4.48. The average Bonchev–Trinajstić information content (AvgIpc) is 2.86. The zero-order chi connectivity index (χ0) is 29.7. The SMILES string of the molecule is CC(C)(CN(CCCOc1cc(F)c(C=O)c(S(C)(=O)=O)c1)Cc1cccc(C(F)(F)F)c1F)c1ccccc1. The van der Waals surface area contributed by atoms with Crippen LogP contribution in [0.4, 0.5) is 22.0 Å². The summed E-state index contributed by atoms with van der Waals surface area (Å²) in [5.41, 5.74) is -1.49. The predicted molar refractivity (Wildman–Crippen MR) is 141 cm³/mol. The van der Waals surface area contributed by atoms with Gasteiger partial charge in [-0.1, -0.05) is 56.3 Å². The number of hydrogen-bond acceptors (Lipinski definition) is 5. The van der Waals surface area contributed by atoms with Crippen LogP contribution < -0.4 is 4.74 Å². The van der Waals surface area contributed by atoms with Crippen LogP contribution in [0.15, 0.2) is 65.6 Å². The number of nitrogens with zero attached hydrogens (tertiary/aromatic N) is 1. The molecule has 0 radical (unpaired) electrons. The Kier molecular flexibility index (Phi) is 9.73. The van der Waals surface area contributed by atoms with Gasteiger partial charge in [-0.3, -0.25) is 9.69 Å². The maximum absolute atomic E-state index is 14.8. The minimum Gasteiger partial charge on any atom is -0.493 e. The van der Waals surface area contributed by atoms with Gasteiger partial charge in [-0.25, -0.2) is 17.2 Å². The number of carbonyl (C=O) groups excluding carboxylic acids is 1. The minimum absolute atomic E-state index is 0.00356. The van der Waals surface area contributed by atoms with E-state index in [9.17, 15) is 35.2 Å². The second kappa shape index (κ2) is 12.5. The third-order valence-corrected chi connectivity index (χ3v) is 7.56. The number of halogens is 5. The summed E-state index contributed by atoms with van der Waals surface area (Å²) >= 11 is 0. The van der Waals surface area contributed by atoms with Crippen molar-refractivity contribution in [3.05, 3.63) is 94.6 Å². The van der Waals surface area contributed by atoms with Crippen LogP contribution in [0.2, 0.25) is 0 Å². The zero-order valence-corrected chi connectivity index (χ0v) is 23.1. The first-order valence-electron chi connectivity index (χ1n) is 12.4. The molecule has 0 amide bonds. The number of rotatable bonds is 12. The zero-order valence-electron chi connectivity index (χ0n) is 22.3. The normalized spacial score (nSPS) is 12.5. The van der Waals surface area contributed by atoms with Crippen LogP contribution >= 0.6 is 0 Å². The molecule has 0 saturated carbocycles. The molecule has 3 aromatic carbocycles. The number of carbonyl (C=O) groups is 1. The molecule has 0 bridgehead atoms. The van der Waals surface area contributed by atoms with Crippen molar-refractivity contribution in [3.63, 3.8) is 0 Å². The van der Waals surface area contributed by atoms with E-state index in [4.69, 9.17) is 4.74 Å². The molecule has 216 valence electrons. The largest absolute Gasteiger partial charge is 0.493 e. The van der Waals surface area contributed by atoms with Crippen LogP contribution in [0.1, 0.15) is 47.3 Å². The lowest BCUT2D eigenvalue weighted by molar-refractivity contribution is -0.140. The molecule has 0 spiro atoms. The lowest BCUT2D eigenvalue weighted by Crippen LogP contribution is -2.38. The smallest absolute Gasteiger partial charge is 0.419 e. The minimum atomic E-state index is -4.83. The van der Waals surface area contributed by atoms with Crippen LogP contribution in [0, 0.1) is 11.6 Å². The average molecular weight is 584 g/mol. The first kappa shape index (κ1) is 31.2. The Morgan fingerprint density at radius 1 is 0.975 bits per heavy atom. The van der Waals surface area contributed by atoms with Crippen molar-refractivity contribution in [2.75, 3.05) is 26.0 Å². The van der Waals surface area contributed by atoms with Gasteiger partial charge in [-0.05, 0) is 24.1 Å². The number of benzene rings is 3. The highest BCUT2D eigenvalue weighted by atomic mass is 32.2. The highest BCUT2D eigenvalue weighted by Gasteiger charge is 2.35. The van der Waals surface area contributed by atoms with E-state index < -0.39 is 49.1 Å². The lowest BCUT2D eigenvalue weighted by Gasteiger charge is -2.33. The van der Waals surface area contributed by atoms with Gasteiger partial charge in [0.2, 0.25) is 0 Å². The maximum atomic E-state index is 14.8. The molecule has 0 aliphatic heterocycles. The monoisotopic (exact) mass is 583 g/mol. The molecule has 0 N–H and O–H groups in total. The molecular formula is C29H30F5NO4S. The van der Waals surface area contributed by atoms with Gasteiger partial charge in [0, 0.05) is 42.9 Å². The van der Waals surface area contributed by atoms with Crippen molar-refractivity contribution in [2.45, 2.75) is 43.3 Å². The molecule has 0 aliphatic rings. The molecule has 0 fully saturated rings. The van der Waals surface area contributed by atoms with Crippen LogP contribution in [0.25, 0.3) is 0 Å². The highest BCUT2D eigenvalue weighted by Crippen LogP contribution is 2.33. The lowest BCUT2D eigenvalue weighted by atomic mass is 9.84. The topological polar surface area (TPSA) is 63.7 Å². The third-order valence-electron chi connectivity index (χ3n) is 6.42. The fourth-order valence-corrected chi connectivity index (χ4v) is 5.34. The first-order valence-corrected chi connectivity index (χ1v) is 14.3. The fourth-order valence-electron chi connectivity index (χ4n) is 4.47. The highest BCUT2D eigenvalue weighted by molar-refractivity contribution is 7.90. The van der Waals surface area contributed by atoms with Gasteiger partial charge in [0.25, 0.3) is 0 Å². The Bertz CT molecular complexity index is 1440. The molecule has 40 heavy (non-hydrogen) atoms. The number of ether oxygens (including phenoxy) is 1. The Balaban J connectivity index is 1.80. The molecule has 3 aromatic rings. The molecule has 0 heterocycles. The fraction of sp³-hybridized carbons (Fsp3) is 0.345.